The van der Waals surface area contributed by atoms with Gasteiger partial charge in [0.05, 0.1) is 0 Å². The Morgan fingerprint density at radius 1 is 0.719 bits per heavy atom. The number of aryl methyl sites for hydroxylation is 2. The van der Waals surface area contributed by atoms with Crippen LogP contribution in [-0.2, 0) is 19.3 Å². The molecule has 0 aliphatic rings. The van der Waals surface area contributed by atoms with E-state index in [1.54, 1.807) is 0 Å². The van der Waals surface area contributed by atoms with Crippen molar-refractivity contribution in [2.24, 2.45) is 5.92 Å². The first kappa shape index (κ1) is 24.3. The van der Waals surface area contributed by atoms with Crippen molar-refractivity contribution in [1.82, 2.24) is 0 Å². The van der Waals surface area contributed by atoms with Gasteiger partial charge in [-0.3, -0.25) is 0 Å². The minimum absolute atomic E-state index is 0.252. The van der Waals surface area contributed by atoms with E-state index in [2.05, 4.69) is 87.5 Å². The average Bonchev–Trinajstić information content (AvgIpc) is 2.85. The summed E-state index contributed by atoms with van der Waals surface area (Å²) in [5, 5.41) is 9.04. The van der Waals surface area contributed by atoms with Crippen LogP contribution in [0.25, 0.3) is 22.3 Å². The van der Waals surface area contributed by atoms with Crippen molar-refractivity contribution in [3.8, 4) is 22.3 Å². The minimum Gasteiger partial charge on any atom is -0.396 e. The third-order valence-corrected chi connectivity index (χ3v) is 6.73. The van der Waals surface area contributed by atoms with E-state index in [1.807, 2.05) is 0 Å². The fourth-order valence-electron chi connectivity index (χ4n) is 4.59. The second kappa shape index (κ2) is 12.6. The molecule has 1 atom stereocenters. The van der Waals surface area contributed by atoms with Crippen LogP contribution in [0.15, 0.2) is 66.7 Å². The molecule has 3 aromatic rings. The fourth-order valence-corrected chi connectivity index (χ4v) is 4.59. The van der Waals surface area contributed by atoms with Crippen LogP contribution in [0.5, 0.6) is 0 Å². The van der Waals surface area contributed by atoms with Gasteiger partial charge in [0.15, 0.2) is 0 Å². The Balaban J connectivity index is 1.75. The number of aliphatic hydroxyl groups is 1. The number of hydrogen-bond donors (Lipinski definition) is 1. The highest BCUT2D eigenvalue weighted by atomic mass is 16.2. The number of unbranched alkanes of at least 4 members (excludes halogenated alkanes) is 1. The molecular formula is C31H40O. The quantitative estimate of drug-likeness (QED) is 0.308. The van der Waals surface area contributed by atoms with Crippen molar-refractivity contribution >= 4 is 0 Å². The molecule has 0 amide bonds. The van der Waals surface area contributed by atoms with E-state index in [4.69, 9.17) is 5.11 Å². The number of rotatable bonds is 12. The van der Waals surface area contributed by atoms with Crippen LogP contribution in [0.3, 0.4) is 0 Å². The Kier molecular flexibility index (Phi) is 9.56. The molecule has 0 bridgehead atoms. The predicted molar refractivity (Wildman–Crippen MR) is 139 cm³/mol. The number of benzene rings is 3. The molecule has 0 saturated carbocycles. The van der Waals surface area contributed by atoms with Gasteiger partial charge in [-0.2, -0.15) is 0 Å². The van der Waals surface area contributed by atoms with Crippen molar-refractivity contribution in [3.63, 3.8) is 0 Å². The largest absolute Gasteiger partial charge is 0.396 e. The molecular weight excluding hydrogens is 388 g/mol. The Morgan fingerprint density at radius 3 is 2.00 bits per heavy atom. The lowest BCUT2D eigenvalue weighted by molar-refractivity contribution is 0.288. The Bertz CT molecular complexity index is 937. The minimum atomic E-state index is 0.252. The van der Waals surface area contributed by atoms with Gasteiger partial charge in [-0.1, -0.05) is 113 Å². The van der Waals surface area contributed by atoms with Gasteiger partial charge in [0.25, 0.3) is 0 Å². The third-order valence-electron chi connectivity index (χ3n) is 6.73. The van der Waals surface area contributed by atoms with Crippen molar-refractivity contribution in [1.29, 1.82) is 0 Å². The summed E-state index contributed by atoms with van der Waals surface area (Å²) in [6.45, 7) is 7.10. The van der Waals surface area contributed by atoms with Gasteiger partial charge in [0.2, 0.25) is 0 Å². The first-order valence-electron chi connectivity index (χ1n) is 12.6. The van der Waals surface area contributed by atoms with Crippen LogP contribution < -0.4 is 0 Å². The highest BCUT2D eigenvalue weighted by Gasteiger charge is 2.09. The summed E-state index contributed by atoms with van der Waals surface area (Å²) in [5.41, 5.74) is 9.34. The fraction of sp³-hybridized carbons (Fsp3) is 0.419. The van der Waals surface area contributed by atoms with Crippen LogP contribution in [0.4, 0.5) is 0 Å². The lowest BCUT2D eigenvalue weighted by Crippen LogP contribution is -2.03. The molecule has 32 heavy (non-hydrogen) atoms. The van der Waals surface area contributed by atoms with E-state index in [1.165, 1.54) is 71.0 Å². The van der Waals surface area contributed by atoms with Gasteiger partial charge in [-0.05, 0) is 70.5 Å². The van der Waals surface area contributed by atoms with E-state index in [9.17, 15) is 0 Å². The molecule has 0 fully saturated rings. The lowest BCUT2D eigenvalue weighted by Gasteiger charge is -2.15. The Hall–Kier alpha value is -2.38. The van der Waals surface area contributed by atoms with Crippen LogP contribution >= 0.6 is 0 Å². The Morgan fingerprint density at radius 2 is 1.38 bits per heavy atom. The second-order valence-electron chi connectivity index (χ2n) is 9.07. The molecule has 0 radical (unpaired) electrons. The maximum absolute atomic E-state index is 9.04. The Labute approximate surface area is 195 Å². The monoisotopic (exact) mass is 428 g/mol. The van der Waals surface area contributed by atoms with Gasteiger partial charge in [0, 0.05) is 6.61 Å². The smallest absolute Gasteiger partial charge is 0.0434 e. The molecule has 0 saturated heterocycles. The molecule has 0 aliphatic heterocycles. The highest BCUT2D eigenvalue weighted by Crippen LogP contribution is 2.30. The van der Waals surface area contributed by atoms with Crippen molar-refractivity contribution < 1.29 is 5.11 Å². The summed E-state index contributed by atoms with van der Waals surface area (Å²) < 4.78 is 0. The van der Waals surface area contributed by atoms with E-state index in [0.29, 0.717) is 0 Å². The van der Waals surface area contributed by atoms with Crippen LogP contribution in [0.2, 0.25) is 0 Å². The summed E-state index contributed by atoms with van der Waals surface area (Å²) in [6, 6.07) is 25.0. The van der Waals surface area contributed by atoms with Gasteiger partial charge in [0.1, 0.15) is 0 Å². The van der Waals surface area contributed by atoms with E-state index in [0.717, 1.165) is 25.2 Å². The normalized spacial score (nSPS) is 12.1. The first-order chi connectivity index (χ1) is 15.7. The SMILES string of the molecule is CCCCC(CC)Cc1ccc(-c2ccc(-c3ccc(CCCO)cc3)c(CC)c2)cc1. The number of hydrogen-bond acceptors (Lipinski definition) is 1. The van der Waals surface area contributed by atoms with Crippen molar-refractivity contribution in [2.45, 2.75) is 72.1 Å². The van der Waals surface area contributed by atoms with E-state index >= 15 is 0 Å². The first-order valence-corrected chi connectivity index (χ1v) is 12.6. The molecule has 170 valence electrons. The van der Waals surface area contributed by atoms with Gasteiger partial charge in [-0.25, -0.2) is 0 Å². The molecule has 3 rings (SSSR count). The third kappa shape index (κ3) is 6.56. The molecule has 0 spiro atoms. The maximum Gasteiger partial charge on any atom is 0.0434 e. The molecule has 0 aliphatic carbocycles. The predicted octanol–water partition coefficient (Wildman–Crippen LogP) is 8.27. The summed E-state index contributed by atoms with van der Waals surface area (Å²) in [5.74, 6) is 0.807. The highest BCUT2D eigenvalue weighted by molar-refractivity contribution is 5.74. The van der Waals surface area contributed by atoms with Gasteiger partial charge < -0.3 is 5.11 Å². The van der Waals surface area contributed by atoms with Gasteiger partial charge >= 0.3 is 0 Å². The van der Waals surface area contributed by atoms with E-state index < -0.39 is 0 Å². The van der Waals surface area contributed by atoms with Gasteiger partial charge in [-0.15, -0.1) is 0 Å². The van der Waals surface area contributed by atoms with Crippen LogP contribution in [0.1, 0.15) is 69.6 Å². The molecule has 1 heteroatoms. The molecule has 0 heterocycles. The molecule has 1 N–H and O–H groups in total. The van der Waals surface area contributed by atoms with Crippen LogP contribution in [0, 0.1) is 5.92 Å². The van der Waals surface area contributed by atoms with Crippen molar-refractivity contribution in [2.75, 3.05) is 6.61 Å². The summed E-state index contributed by atoms with van der Waals surface area (Å²) in [7, 11) is 0. The zero-order valence-corrected chi connectivity index (χ0v) is 20.2. The molecule has 3 aromatic carbocycles. The standard InChI is InChI=1S/C31H40O/c1-4-7-9-24(5-2)22-26-13-15-28(16-14-26)30-19-20-31(27(6-3)23-30)29-17-11-25(12-18-29)10-8-21-32/h11-20,23-24,32H,4-10,21-22H2,1-3H3. The van der Waals surface area contributed by atoms with Crippen LogP contribution in [-0.4, -0.2) is 11.7 Å². The summed E-state index contributed by atoms with van der Waals surface area (Å²) >= 11 is 0. The molecule has 1 nitrogen and oxygen atoms in total. The zero-order chi connectivity index (χ0) is 22.8. The zero-order valence-electron chi connectivity index (χ0n) is 20.2. The average molecular weight is 429 g/mol. The van der Waals surface area contributed by atoms with Crippen molar-refractivity contribution in [3.05, 3.63) is 83.4 Å². The molecule has 1 unspecified atom stereocenters. The number of aliphatic hydroxyl groups excluding tert-OH is 1. The second-order valence-corrected chi connectivity index (χ2v) is 9.07. The summed E-state index contributed by atoms with van der Waals surface area (Å²) in [6.07, 6.45) is 9.22. The van der Waals surface area contributed by atoms with E-state index in [-0.39, 0.29) is 6.61 Å². The summed E-state index contributed by atoms with van der Waals surface area (Å²) in [4.78, 5) is 0. The maximum atomic E-state index is 9.04. The molecule has 0 aromatic heterocycles. The topological polar surface area (TPSA) is 20.2 Å². The lowest BCUT2D eigenvalue weighted by atomic mass is 9.90.